The predicted molar refractivity (Wildman–Crippen MR) is 59.3 cm³/mol. The van der Waals surface area contributed by atoms with Gasteiger partial charge in [0.15, 0.2) is 0 Å². The van der Waals surface area contributed by atoms with Crippen LogP contribution in [0.15, 0.2) is 0 Å². The Morgan fingerprint density at radius 2 is 1.19 bits per heavy atom. The lowest BCUT2D eigenvalue weighted by Gasteiger charge is -1.95. The lowest BCUT2D eigenvalue weighted by atomic mass is 10.1. The van der Waals surface area contributed by atoms with Crippen LogP contribution in [0, 0.1) is 0 Å². The first-order chi connectivity index (χ1) is 7.63. The summed E-state index contributed by atoms with van der Waals surface area (Å²) in [6.45, 7) is 1.16. The molecule has 0 aromatic rings. The Morgan fingerprint density at radius 3 is 1.56 bits per heavy atom. The van der Waals surface area contributed by atoms with Crippen molar-refractivity contribution < 1.29 is 28.0 Å². The Kier molecular flexibility index (Phi) is 11.6. The second kappa shape index (κ2) is 11.5. The van der Waals surface area contributed by atoms with Gasteiger partial charge in [-0.1, -0.05) is 25.7 Å². The van der Waals surface area contributed by atoms with Gasteiger partial charge < -0.3 is 0 Å². The topological polar surface area (TPSA) is 93.1 Å². The fourth-order valence-corrected chi connectivity index (χ4v) is 1.86. The Bertz CT molecular complexity index is 193. The molecule has 1 heterocycles. The normalized spacial score (nSPS) is 19.0. The minimum atomic E-state index is -2.87. The molecular formula is C8H18O6P2+2. The van der Waals surface area contributed by atoms with Crippen molar-refractivity contribution in [3.05, 3.63) is 0 Å². The zero-order valence-corrected chi connectivity index (χ0v) is 10.9. The van der Waals surface area contributed by atoms with E-state index in [1.165, 1.54) is 25.7 Å². The van der Waals surface area contributed by atoms with Crippen LogP contribution in [-0.2, 0) is 18.2 Å². The molecule has 0 aromatic carbocycles. The van der Waals surface area contributed by atoms with Gasteiger partial charge in [-0.25, -0.2) is 0 Å². The Labute approximate surface area is 96.9 Å². The van der Waals surface area contributed by atoms with E-state index in [1.54, 1.807) is 0 Å². The molecule has 0 radical (unpaired) electrons. The molecule has 1 saturated heterocycles. The lowest BCUT2D eigenvalue weighted by molar-refractivity contribution is 0.223. The van der Waals surface area contributed by atoms with Crippen LogP contribution in [0.25, 0.3) is 0 Å². The molecule has 94 valence electrons. The summed E-state index contributed by atoms with van der Waals surface area (Å²) in [6.07, 6.45) is 6.90. The third-order valence-electron chi connectivity index (χ3n) is 1.93. The summed E-state index contributed by atoms with van der Waals surface area (Å²) in [5.74, 6) is 0. The van der Waals surface area contributed by atoms with E-state index in [2.05, 4.69) is 0 Å². The van der Waals surface area contributed by atoms with Gasteiger partial charge in [-0.05, 0) is 12.8 Å². The second-order valence-electron chi connectivity index (χ2n) is 3.26. The van der Waals surface area contributed by atoms with E-state index in [-0.39, 0.29) is 0 Å². The summed E-state index contributed by atoms with van der Waals surface area (Å²) in [5.41, 5.74) is 0. The van der Waals surface area contributed by atoms with Gasteiger partial charge in [0, 0.05) is 9.13 Å². The van der Waals surface area contributed by atoms with Crippen molar-refractivity contribution in [2.75, 3.05) is 13.2 Å². The summed E-state index contributed by atoms with van der Waals surface area (Å²) in [7, 11) is -4.70. The largest absolute Gasteiger partial charge is 0.697 e. The molecule has 6 nitrogen and oxygen atoms in total. The highest BCUT2D eigenvalue weighted by molar-refractivity contribution is 7.33. The van der Waals surface area contributed by atoms with Crippen LogP contribution in [0.4, 0.5) is 0 Å². The molecular weight excluding hydrogens is 254 g/mol. The van der Waals surface area contributed by atoms with E-state index in [1.807, 2.05) is 0 Å². The minimum absolute atomic E-state index is 0.579. The van der Waals surface area contributed by atoms with Crippen molar-refractivity contribution in [2.45, 2.75) is 38.5 Å². The first kappa shape index (κ1) is 16.0. The molecule has 0 bridgehead atoms. The molecule has 0 aromatic heterocycles. The van der Waals surface area contributed by atoms with Crippen LogP contribution in [0.1, 0.15) is 38.5 Å². The molecule has 0 unspecified atom stereocenters. The number of rotatable bonds is 0. The molecule has 1 aliphatic heterocycles. The molecule has 1 fully saturated rings. The van der Waals surface area contributed by atoms with Crippen molar-refractivity contribution in [3.63, 3.8) is 0 Å². The van der Waals surface area contributed by atoms with Gasteiger partial charge in [-0.15, -0.1) is 18.8 Å². The first-order valence-corrected chi connectivity index (χ1v) is 7.47. The summed E-state index contributed by atoms with van der Waals surface area (Å²) in [4.78, 5) is 14.2. The second-order valence-corrected chi connectivity index (χ2v) is 4.73. The number of hydrogen-bond acceptors (Lipinski definition) is 4. The lowest BCUT2D eigenvalue weighted by Crippen LogP contribution is -1.89. The maximum Gasteiger partial charge on any atom is 0.697 e. The van der Waals surface area contributed by atoms with Crippen molar-refractivity contribution >= 4 is 16.5 Å². The fourth-order valence-electron chi connectivity index (χ4n) is 1.23. The van der Waals surface area contributed by atoms with E-state index in [0.29, 0.717) is 13.2 Å². The number of hydrogen-bond donors (Lipinski definition) is 2. The first-order valence-electron chi connectivity index (χ1n) is 5.21. The van der Waals surface area contributed by atoms with Crippen molar-refractivity contribution in [1.29, 1.82) is 0 Å². The standard InChI is InChI=1S/C8H16O3P.HO3P/c9-12-10-7-5-3-1-2-4-6-8-11-12;1-4(2)3/h1-8H2;(H-,1,2,3)/q+1;/p+1. The quantitative estimate of drug-likeness (QED) is 0.658. The van der Waals surface area contributed by atoms with E-state index in [9.17, 15) is 4.57 Å². The third-order valence-corrected chi connectivity index (χ3v) is 2.72. The highest BCUT2D eigenvalue weighted by atomic mass is 31.1. The maximum absolute atomic E-state index is 10.9. The van der Waals surface area contributed by atoms with Crippen LogP contribution >= 0.6 is 16.5 Å². The van der Waals surface area contributed by atoms with Crippen molar-refractivity contribution in [1.82, 2.24) is 0 Å². The van der Waals surface area contributed by atoms with Crippen molar-refractivity contribution in [2.24, 2.45) is 0 Å². The highest BCUT2D eigenvalue weighted by Gasteiger charge is 2.19. The van der Waals surface area contributed by atoms with Crippen LogP contribution in [0.3, 0.4) is 0 Å². The molecule has 0 aliphatic carbocycles. The zero-order chi connectivity index (χ0) is 12.2. The van der Waals surface area contributed by atoms with Gasteiger partial charge in [0.2, 0.25) is 0 Å². The van der Waals surface area contributed by atoms with Crippen LogP contribution in [0.5, 0.6) is 0 Å². The predicted octanol–water partition coefficient (Wildman–Crippen LogP) is 2.66. The fraction of sp³-hybridized carbons (Fsp3) is 1.00. The smallest absolute Gasteiger partial charge is 0.134 e. The maximum atomic E-state index is 10.9. The van der Waals surface area contributed by atoms with E-state index < -0.39 is 16.5 Å². The summed E-state index contributed by atoms with van der Waals surface area (Å²) >= 11 is 0. The summed E-state index contributed by atoms with van der Waals surface area (Å²) in [5, 5.41) is 0. The molecule has 1 aliphatic rings. The van der Waals surface area contributed by atoms with Crippen LogP contribution in [0.2, 0.25) is 0 Å². The summed E-state index contributed by atoms with van der Waals surface area (Å²) in [6, 6.07) is 0. The minimum Gasteiger partial charge on any atom is -0.134 e. The van der Waals surface area contributed by atoms with E-state index in [4.69, 9.17) is 23.4 Å². The molecule has 0 saturated carbocycles. The Morgan fingerprint density at radius 1 is 0.875 bits per heavy atom. The average molecular weight is 272 g/mol. The van der Waals surface area contributed by atoms with E-state index >= 15 is 0 Å². The Balaban J connectivity index is 0.000000487. The van der Waals surface area contributed by atoms with Crippen LogP contribution < -0.4 is 0 Å². The summed E-state index contributed by atoms with van der Waals surface area (Å²) < 4.78 is 29.5. The van der Waals surface area contributed by atoms with Crippen LogP contribution in [-0.4, -0.2) is 23.0 Å². The highest BCUT2D eigenvalue weighted by Crippen LogP contribution is 2.25. The molecule has 8 heteroatoms. The molecule has 2 N–H and O–H groups in total. The zero-order valence-electron chi connectivity index (χ0n) is 9.08. The van der Waals surface area contributed by atoms with Gasteiger partial charge in [0.1, 0.15) is 13.2 Å². The molecule has 1 rings (SSSR count). The monoisotopic (exact) mass is 272 g/mol. The van der Waals surface area contributed by atoms with Gasteiger partial charge in [0.25, 0.3) is 0 Å². The van der Waals surface area contributed by atoms with Gasteiger partial charge in [-0.3, -0.25) is 0 Å². The Hall–Kier alpha value is 0.0400. The van der Waals surface area contributed by atoms with Crippen molar-refractivity contribution in [3.8, 4) is 0 Å². The molecule has 0 atom stereocenters. The van der Waals surface area contributed by atoms with Gasteiger partial charge in [-0.2, -0.15) is 0 Å². The molecule has 16 heavy (non-hydrogen) atoms. The average Bonchev–Trinajstić information content (AvgIpc) is 2.23. The molecule has 0 spiro atoms. The van der Waals surface area contributed by atoms with Gasteiger partial charge in [0.05, 0.1) is 0 Å². The van der Waals surface area contributed by atoms with Gasteiger partial charge >= 0.3 is 16.5 Å². The molecule has 0 amide bonds. The third kappa shape index (κ3) is 14.0. The SMILES string of the molecule is O=[P+](O)O.O=[P+]1OCCCCCCCCO1. The van der Waals surface area contributed by atoms with E-state index in [0.717, 1.165) is 12.8 Å².